The van der Waals surface area contributed by atoms with Gasteiger partial charge < -0.3 is 20.3 Å². The summed E-state index contributed by atoms with van der Waals surface area (Å²) >= 11 is 0. The van der Waals surface area contributed by atoms with Crippen LogP contribution in [-0.2, 0) is 11.3 Å². The SMILES string of the molecule is CCC(C)N(C)CCNC1CC(NC(=O)OCc2ccccc2)C1. The van der Waals surface area contributed by atoms with Crippen molar-refractivity contribution in [1.29, 1.82) is 0 Å². The van der Waals surface area contributed by atoms with Crippen molar-refractivity contribution in [3.8, 4) is 0 Å². The van der Waals surface area contributed by atoms with Crippen LogP contribution in [0.1, 0.15) is 38.7 Å². The number of hydrogen-bond donors (Lipinski definition) is 2. The normalized spacial score (nSPS) is 21.2. The van der Waals surface area contributed by atoms with Crippen molar-refractivity contribution in [1.82, 2.24) is 15.5 Å². The molecule has 0 spiro atoms. The zero-order chi connectivity index (χ0) is 17.4. The number of carbonyl (C=O) groups excluding carboxylic acids is 1. The number of benzene rings is 1. The van der Waals surface area contributed by atoms with Crippen LogP contribution in [0, 0.1) is 0 Å². The van der Waals surface area contributed by atoms with Crippen LogP contribution in [-0.4, -0.2) is 49.3 Å². The van der Waals surface area contributed by atoms with Crippen molar-refractivity contribution in [2.75, 3.05) is 20.1 Å². The van der Waals surface area contributed by atoms with E-state index in [9.17, 15) is 4.79 Å². The third-order valence-electron chi connectivity index (χ3n) is 4.91. The average Bonchev–Trinajstić information content (AvgIpc) is 2.57. The average molecular weight is 333 g/mol. The number of nitrogens with zero attached hydrogens (tertiary/aromatic N) is 1. The Morgan fingerprint density at radius 3 is 2.67 bits per heavy atom. The first kappa shape index (κ1) is 18.7. The van der Waals surface area contributed by atoms with Crippen LogP contribution in [0.25, 0.3) is 0 Å². The minimum atomic E-state index is -0.321. The molecule has 0 heterocycles. The maximum absolute atomic E-state index is 11.8. The van der Waals surface area contributed by atoms with E-state index in [1.54, 1.807) is 0 Å². The van der Waals surface area contributed by atoms with Gasteiger partial charge in [-0.3, -0.25) is 0 Å². The number of likely N-dealkylation sites (N-methyl/N-ethyl adjacent to an activating group) is 1. The lowest BCUT2D eigenvalue weighted by Crippen LogP contribution is -2.53. The summed E-state index contributed by atoms with van der Waals surface area (Å²) in [4.78, 5) is 14.2. The lowest BCUT2D eigenvalue weighted by atomic mass is 9.87. The van der Waals surface area contributed by atoms with Crippen molar-refractivity contribution in [2.24, 2.45) is 0 Å². The Kier molecular flexibility index (Phi) is 7.53. The third-order valence-corrected chi connectivity index (χ3v) is 4.91. The molecule has 0 aromatic heterocycles. The third kappa shape index (κ3) is 6.13. The second-order valence-electron chi connectivity index (χ2n) is 6.76. The zero-order valence-electron chi connectivity index (χ0n) is 15.1. The monoisotopic (exact) mass is 333 g/mol. The minimum Gasteiger partial charge on any atom is -0.445 e. The molecule has 1 aliphatic rings. The Balaban J connectivity index is 1.52. The smallest absolute Gasteiger partial charge is 0.407 e. The topological polar surface area (TPSA) is 53.6 Å². The van der Waals surface area contributed by atoms with Gasteiger partial charge in [0.1, 0.15) is 6.61 Å². The van der Waals surface area contributed by atoms with Crippen LogP contribution in [0.15, 0.2) is 30.3 Å². The molecule has 5 heteroatoms. The largest absolute Gasteiger partial charge is 0.445 e. The highest BCUT2D eigenvalue weighted by atomic mass is 16.5. The minimum absolute atomic E-state index is 0.234. The quantitative estimate of drug-likeness (QED) is 0.730. The summed E-state index contributed by atoms with van der Waals surface area (Å²) in [6.07, 6.45) is 2.82. The summed E-state index contributed by atoms with van der Waals surface area (Å²) in [5.41, 5.74) is 1.01. The van der Waals surface area contributed by atoms with E-state index in [4.69, 9.17) is 4.74 Å². The van der Waals surface area contributed by atoms with Crippen molar-refractivity contribution in [3.05, 3.63) is 35.9 Å². The Labute approximate surface area is 145 Å². The van der Waals surface area contributed by atoms with Crippen molar-refractivity contribution < 1.29 is 9.53 Å². The first-order valence-corrected chi connectivity index (χ1v) is 8.99. The van der Waals surface area contributed by atoms with Gasteiger partial charge in [-0.2, -0.15) is 0 Å². The highest BCUT2D eigenvalue weighted by Crippen LogP contribution is 2.20. The van der Waals surface area contributed by atoms with Crippen LogP contribution < -0.4 is 10.6 Å². The lowest BCUT2D eigenvalue weighted by molar-refractivity contribution is 0.125. The second kappa shape index (κ2) is 9.64. The molecule has 1 aromatic carbocycles. The van der Waals surface area contributed by atoms with Gasteiger partial charge in [-0.05, 0) is 38.8 Å². The predicted molar refractivity (Wildman–Crippen MR) is 97.0 cm³/mol. The molecule has 134 valence electrons. The lowest BCUT2D eigenvalue weighted by Gasteiger charge is -2.36. The molecule has 0 aliphatic heterocycles. The van der Waals surface area contributed by atoms with Gasteiger partial charge in [-0.1, -0.05) is 37.3 Å². The fourth-order valence-corrected chi connectivity index (χ4v) is 2.81. The molecular formula is C19H31N3O2. The van der Waals surface area contributed by atoms with Crippen molar-refractivity contribution in [3.63, 3.8) is 0 Å². The molecule has 0 radical (unpaired) electrons. The van der Waals surface area contributed by atoms with Crippen LogP contribution >= 0.6 is 0 Å². The maximum atomic E-state index is 11.8. The Morgan fingerprint density at radius 2 is 2.00 bits per heavy atom. The Hall–Kier alpha value is -1.59. The predicted octanol–water partition coefficient (Wildman–Crippen LogP) is 2.76. The van der Waals surface area contributed by atoms with Gasteiger partial charge in [0.05, 0.1) is 0 Å². The molecular weight excluding hydrogens is 302 g/mol. The van der Waals surface area contributed by atoms with Gasteiger partial charge in [0.2, 0.25) is 0 Å². The molecule has 0 bridgehead atoms. The molecule has 5 nitrogen and oxygen atoms in total. The van der Waals surface area contributed by atoms with E-state index >= 15 is 0 Å². The fraction of sp³-hybridized carbons (Fsp3) is 0.632. The summed E-state index contributed by atoms with van der Waals surface area (Å²) in [7, 11) is 2.17. The second-order valence-corrected chi connectivity index (χ2v) is 6.76. The van der Waals surface area contributed by atoms with E-state index in [1.807, 2.05) is 30.3 Å². The molecule has 2 rings (SSSR count). The molecule has 24 heavy (non-hydrogen) atoms. The van der Waals surface area contributed by atoms with E-state index in [-0.39, 0.29) is 12.1 Å². The maximum Gasteiger partial charge on any atom is 0.407 e. The summed E-state index contributed by atoms with van der Waals surface area (Å²) < 4.78 is 5.24. The Morgan fingerprint density at radius 1 is 1.29 bits per heavy atom. The summed E-state index contributed by atoms with van der Waals surface area (Å²) in [6, 6.07) is 11.1. The molecule has 0 saturated heterocycles. The summed E-state index contributed by atoms with van der Waals surface area (Å²) in [5, 5.41) is 6.49. The van der Waals surface area contributed by atoms with E-state index < -0.39 is 0 Å². The van der Waals surface area contributed by atoms with Crippen LogP contribution in [0.4, 0.5) is 4.79 Å². The zero-order valence-corrected chi connectivity index (χ0v) is 15.1. The first-order valence-electron chi connectivity index (χ1n) is 8.99. The van der Waals surface area contributed by atoms with Gasteiger partial charge in [-0.25, -0.2) is 4.79 Å². The van der Waals surface area contributed by atoms with Crippen LogP contribution in [0.2, 0.25) is 0 Å². The van der Waals surface area contributed by atoms with Gasteiger partial charge in [-0.15, -0.1) is 0 Å². The molecule has 1 unspecified atom stereocenters. The summed E-state index contributed by atoms with van der Waals surface area (Å²) in [5.74, 6) is 0. The van der Waals surface area contributed by atoms with E-state index in [1.165, 1.54) is 6.42 Å². The number of ether oxygens (including phenoxy) is 1. The number of hydrogen-bond acceptors (Lipinski definition) is 4. The highest BCUT2D eigenvalue weighted by molar-refractivity contribution is 5.67. The molecule has 1 aromatic rings. The van der Waals surface area contributed by atoms with E-state index in [0.29, 0.717) is 18.7 Å². The molecule has 1 atom stereocenters. The van der Waals surface area contributed by atoms with Crippen LogP contribution in [0.5, 0.6) is 0 Å². The first-order chi connectivity index (χ1) is 11.6. The van der Waals surface area contributed by atoms with Gasteiger partial charge in [0.25, 0.3) is 0 Å². The Bertz CT molecular complexity index is 489. The van der Waals surface area contributed by atoms with Crippen molar-refractivity contribution >= 4 is 6.09 Å². The molecule has 1 aliphatic carbocycles. The number of nitrogens with one attached hydrogen (secondary N) is 2. The van der Waals surface area contributed by atoms with E-state index in [0.717, 1.165) is 31.5 Å². The molecule has 1 saturated carbocycles. The van der Waals surface area contributed by atoms with Crippen LogP contribution in [0.3, 0.4) is 0 Å². The number of amides is 1. The number of carbonyl (C=O) groups is 1. The molecule has 2 N–H and O–H groups in total. The molecule has 1 fully saturated rings. The number of rotatable bonds is 9. The standard InChI is InChI=1S/C19H31N3O2/c1-4-15(2)22(3)11-10-20-17-12-18(13-17)21-19(23)24-14-16-8-6-5-7-9-16/h5-9,15,17-18,20H,4,10-14H2,1-3H3,(H,21,23). The molecule has 1 amide bonds. The van der Waals surface area contributed by atoms with Gasteiger partial charge >= 0.3 is 6.09 Å². The highest BCUT2D eigenvalue weighted by Gasteiger charge is 2.30. The van der Waals surface area contributed by atoms with Gasteiger partial charge in [0, 0.05) is 31.2 Å². The number of alkyl carbamates (subject to hydrolysis) is 1. The van der Waals surface area contributed by atoms with Gasteiger partial charge in [0.15, 0.2) is 0 Å². The summed E-state index contributed by atoms with van der Waals surface area (Å²) in [6.45, 7) is 6.85. The van der Waals surface area contributed by atoms with E-state index in [2.05, 4.69) is 36.4 Å². The van der Waals surface area contributed by atoms with Crippen molar-refractivity contribution in [2.45, 2.75) is 57.8 Å². The fourth-order valence-electron chi connectivity index (χ4n) is 2.81.